The van der Waals surface area contributed by atoms with E-state index in [4.69, 9.17) is 9.47 Å². The molecule has 1 unspecified atom stereocenters. The van der Waals surface area contributed by atoms with Crippen molar-refractivity contribution in [2.75, 3.05) is 55.6 Å². The highest BCUT2D eigenvalue weighted by Crippen LogP contribution is 2.41. The number of imide groups is 1. The monoisotopic (exact) mass is 1050 g/mol. The molecule has 3 aliphatic rings. The van der Waals surface area contributed by atoms with Crippen LogP contribution in [0, 0.1) is 0 Å². The number of piperidine rings is 2. The Bertz CT molecular complexity index is 3180. The van der Waals surface area contributed by atoms with E-state index in [0.29, 0.717) is 53.8 Å². The summed E-state index contributed by atoms with van der Waals surface area (Å²) >= 11 is 0. The van der Waals surface area contributed by atoms with Gasteiger partial charge in [0.2, 0.25) is 21.8 Å². The van der Waals surface area contributed by atoms with Gasteiger partial charge in [-0.2, -0.15) is 0 Å². The molecule has 22 heteroatoms. The summed E-state index contributed by atoms with van der Waals surface area (Å²) < 4.78 is 41.2. The second-order valence-electron chi connectivity index (χ2n) is 20.1. The van der Waals surface area contributed by atoms with E-state index in [0.717, 1.165) is 62.8 Å². The number of unbranched alkanes of at least 4 members (excludes halogenated alkanes) is 2. The van der Waals surface area contributed by atoms with Crippen LogP contribution >= 0.6 is 0 Å². The number of anilines is 2. The van der Waals surface area contributed by atoms with Gasteiger partial charge in [0.1, 0.15) is 34.4 Å². The number of likely N-dealkylation sites (tertiary alicyclic amines) is 1. The molecule has 2 fully saturated rings. The summed E-state index contributed by atoms with van der Waals surface area (Å²) in [7, 11) is -2.40. The molecular weight excluding hydrogens is 985 g/mol. The fourth-order valence-electron chi connectivity index (χ4n) is 9.56. The normalized spacial score (nSPS) is 16.3. The van der Waals surface area contributed by atoms with Gasteiger partial charge >= 0.3 is 6.09 Å². The van der Waals surface area contributed by atoms with Gasteiger partial charge in [0.25, 0.3) is 23.3 Å². The predicted molar refractivity (Wildman–Crippen MR) is 282 cm³/mol. The van der Waals surface area contributed by atoms with Gasteiger partial charge < -0.3 is 50.1 Å². The van der Waals surface area contributed by atoms with Gasteiger partial charge in [0.05, 0.1) is 17.5 Å². The number of aryl methyl sites for hydroxylation is 1. The number of nitrogens with one attached hydrogen (secondary N) is 7. The smallest absolute Gasteiger partial charge is 0.407 e. The Morgan fingerprint density at radius 3 is 2.25 bits per heavy atom. The molecule has 21 nitrogen and oxygen atoms in total. The Balaban J connectivity index is 0.895. The van der Waals surface area contributed by atoms with Gasteiger partial charge in [-0.3, -0.25) is 38.8 Å². The van der Waals surface area contributed by atoms with E-state index >= 15 is 0 Å². The first-order valence-electron chi connectivity index (χ1n) is 25.1. The molecule has 0 saturated carbocycles. The van der Waals surface area contributed by atoms with Crippen molar-refractivity contribution < 1.29 is 46.7 Å². The Morgan fingerprint density at radius 1 is 0.800 bits per heavy atom. The molecule has 0 bridgehead atoms. The van der Waals surface area contributed by atoms with Crippen LogP contribution in [0.3, 0.4) is 0 Å². The third kappa shape index (κ3) is 13.3. The predicted octanol–water partition coefficient (Wildman–Crippen LogP) is 5.19. The molecule has 5 heterocycles. The Morgan fingerprint density at radius 2 is 1.53 bits per heavy atom. The van der Waals surface area contributed by atoms with Gasteiger partial charge in [0.15, 0.2) is 0 Å². The zero-order chi connectivity index (χ0) is 53.6. The topological polar surface area (TPSA) is 271 Å². The Labute approximate surface area is 434 Å². The van der Waals surface area contributed by atoms with Crippen LogP contribution in [0.2, 0.25) is 0 Å². The van der Waals surface area contributed by atoms with E-state index < -0.39 is 51.0 Å². The summed E-state index contributed by atoms with van der Waals surface area (Å²) in [5.74, 6) is -1.46. The number of pyridine rings is 1. The number of H-pyrrole nitrogens is 1. The minimum absolute atomic E-state index is 0.000439. The van der Waals surface area contributed by atoms with Gasteiger partial charge in [-0.15, -0.1) is 0 Å². The fourth-order valence-corrected chi connectivity index (χ4v) is 10.1. The summed E-state index contributed by atoms with van der Waals surface area (Å²) in [5.41, 5.74) is 2.00. The molecule has 2 saturated heterocycles. The van der Waals surface area contributed by atoms with Crippen LogP contribution < -0.4 is 41.6 Å². The van der Waals surface area contributed by atoms with Gasteiger partial charge in [-0.1, -0.05) is 30.7 Å². The summed E-state index contributed by atoms with van der Waals surface area (Å²) in [4.78, 5) is 97.6. The maximum absolute atomic E-state index is 14.0. The molecule has 0 spiro atoms. The number of nitrogens with zero attached hydrogens (tertiary/aromatic N) is 3. The highest BCUT2D eigenvalue weighted by atomic mass is 32.2. The Hall–Kier alpha value is -7.72. The van der Waals surface area contributed by atoms with Crippen molar-refractivity contribution >= 4 is 67.9 Å². The van der Waals surface area contributed by atoms with Crippen LogP contribution in [-0.4, -0.2) is 127 Å². The summed E-state index contributed by atoms with van der Waals surface area (Å²) in [5, 5.41) is 14.6. The first-order chi connectivity index (χ1) is 35.7. The summed E-state index contributed by atoms with van der Waals surface area (Å²) in [6.07, 6.45) is 6.57. The number of ether oxygens (including phenoxy) is 2. The zero-order valence-corrected chi connectivity index (χ0v) is 43.5. The highest BCUT2D eigenvalue weighted by molar-refractivity contribution is 7.92. The molecule has 0 aliphatic carbocycles. The molecule has 7 N–H and O–H groups in total. The van der Waals surface area contributed by atoms with E-state index in [2.05, 4.69) is 41.2 Å². The zero-order valence-electron chi connectivity index (χ0n) is 42.7. The number of para-hydroxylation sites is 1. The second-order valence-corrected chi connectivity index (χ2v) is 21.9. The lowest BCUT2D eigenvalue weighted by atomic mass is 9.99. The lowest BCUT2D eigenvalue weighted by Crippen LogP contribution is -2.52. The average molecular weight is 1050 g/mol. The van der Waals surface area contributed by atoms with Crippen molar-refractivity contribution in [2.24, 2.45) is 7.05 Å². The number of carbonyl (C=O) groups is 6. The quantitative estimate of drug-likeness (QED) is 0.0415. The molecule has 3 aromatic carbocycles. The van der Waals surface area contributed by atoms with Crippen LogP contribution in [0.5, 0.6) is 11.5 Å². The molecule has 2 aromatic heterocycles. The van der Waals surface area contributed by atoms with Crippen molar-refractivity contribution in [3.63, 3.8) is 0 Å². The number of alkyl carbamates (subject to hydrolysis) is 1. The first-order valence-corrected chi connectivity index (χ1v) is 27.0. The fraction of sp³-hybridized carbons (Fsp3) is 0.415. The van der Waals surface area contributed by atoms with E-state index in [-0.39, 0.29) is 65.6 Å². The third-order valence-corrected chi connectivity index (χ3v) is 13.8. The number of aromatic amines is 1. The van der Waals surface area contributed by atoms with E-state index in [9.17, 15) is 42.0 Å². The largest absolute Gasteiger partial charge is 0.457 e. The lowest BCUT2D eigenvalue weighted by molar-refractivity contribution is -0.136. The number of rotatable bonds is 19. The van der Waals surface area contributed by atoms with E-state index in [1.54, 1.807) is 62.2 Å². The average Bonchev–Trinajstić information content (AvgIpc) is 3.96. The van der Waals surface area contributed by atoms with Crippen molar-refractivity contribution in [3.05, 3.63) is 106 Å². The lowest BCUT2D eigenvalue weighted by Gasteiger charge is -2.33. The maximum atomic E-state index is 14.0. The van der Waals surface area contributed by atoms with Crippen molar-refractivity contribution in [1.29, 1.82) is 0 Å². The molecule has 3 aliphatic heterocycles. The van der Waals surface area contributed by atoms with E-state index in [1.165, 1.54) is 29.8 Å². The van der Waals surface area contributed by atoms with Gasteiger partial charge in [-0.25, -0.2) is 13.2 Å². The number of hydrogen-bond acceptors (Lipinski definition) is 13. The number of fused-ring (bicyclic) bond motifs is 2. The van der Waals surface area contributed by atoms with E-state index in [1.807, 2.05) is 18.2 Å². The van der Waals surface area contributed by atoms with Crippen LogP contribution in [0.25, 0.3) is 22.0 Å². The molecule has 0 radical (unpaired) electrons. The number of sulfonamides is 1. The number of hydrogen-bond donors (Lipinski definition) is 7. The molecule has 398 valence electrons. The second kappa shape index (κ2) is 22.8. The van der Waals surface area contributed by atoms with Crippen LogP contribution in [0.15, 0.2) is 77.7 Å². The third-order valence-electron chi connectivity index (χ3n) is 13.2. The number of carbonyl (C=O) groups excluding carboxylic acids is 6. The molecule has 75 heavy (non-hydrogen) atoms. The number of aromatic nitrogens is 2. The first kappa shape index (κ1) is 53.6. The summed E-state index contributed by atoms with van der Waals surface area (Å²) in [6.45, 7) is 8.60. The SMILES string of the molecule is Cn1cc(-c2cc(NS(C)(=O)=O)c(C(=O)NCCCCCN3CCC(Nc4cccc5c4CN(C4CCC(=O)NC4=O)C5=O)CC3)cc2Oc2ccccc2)c2cc(C(=O)NCCNC(=O)OC(C)(C)C)[nH]c2c1=O. The molecular formula is C53H64N10O11S. The molecule has 6 amide bonds. The maximum Gasteiger partial charge on any atom is 0.407 e. The van der Waals surface area contributed by atoms with Crippen molar-refractivity contribution in [1.82, 2.24) is 40.6 Å². The standard InChI is InChI=1S/C53H64N10O11S/c1-53(2,3)74-52(70)56-23-22-55-48(66)42-28-36-38(30-61(4)51(69)46(36)58-42)35-27-41(60-75(5,71)72)37(29-44(35)73-33-13-8-6-9-14-33)47(65)54-21-10-7-11-24-62-25-19-32(20-26-62)57-40-16-12-15-34-39(40)31-63(50(34)68)43-17-18-45(64)59-49(43)67/h6,8-9,12-16,27-30,32,43,57-58,60H,7,10-11,17-26,31H2,1-5H3,(H,54,65)(H,55,66)(H,56,70)(H,59,64,67). The van der Waals surface area contributed by atoms with Crippen LogP contribution in [-0.2, 0) is 37.9 Å². The minimum Gasteiger partial charge on any atom is -0.457 e. The minimum atomic E-state index is -3.93. The van der Waals surface area contributed by atoms with Crippen LogP contribution in [0.1, 0.15) is 102 Å². The van der Waals surface area contributed by atoms with Crippen molar-refractivity contribution in [3.8, 4) is 22.6 Å². The number of benzene rings is 3. The molecule has 5 aromatic rings. The molecule has 8 rings (SSSR count). The Kier molecular flexibility index (Phi) is 16.3. The van der Waals surface area contributed by atoms with Gasteiger partial charge in [-0.05, 0) is 102 Å². The van der Waals surface area contributed by atoms with Gasteiger partial charge in [0, 0.05) is 98.3 Å². The highest BCUT2D eigenvalue weighted by Gasteiger charge is 2.40. The molecule has 1 atom stereocenters. The van der Waals surface area contributed by atoms with Crippen molar-refractivity contribution in [2.45, 2.75) is 89.9 Å². The summed E-state index contributed by atoms with van der Waals surface area (Å²) in [6, 6.07) is 18.4. The van der Waals surface area contributed by atoms with Crippen LogP contribution in [0.4, 0.5) is 16.2 Å². The number of amides is 6.